The van der Waals surface area contributed by atoms with Crippen molar-refractivity contribution >= 4 is 28.9 Å². The van der Waals surface area contributed by atoms with Crippen LogP contribution in [0.1, 0.15) is 49.7 Å². The highest BCUT2D eigenvalue weighted by Gasteiger charge is 2.30. The van der Waals surface area contributed by atoms with Crippen molar-refractivity contribution in [3.05, 3.63) is 57.4 Å². The van der Waals surface area contributed by atoms with Crippen LogP contribution in [0.3, 0.4) is 0 Å². The number of carboxylic acid groups (broad SMARTS) is 1. The van der Waals surface area contributed by atoms with Crippen LogP contribution in [0.4, 0.5) is 23.8 Å². The van der Waals surface area contributed by atoms with E-state index in [0.29, 0.717) is 19.5 Å². The quantitative estimate of drug-likeness (QED) is 0.505. The molecule has 0 saturated carbocycles. The van der Waals surface area contributed by atoms with E-state index in [4.69, 9.17) is 4.74 Å². The first kappa shape index (κ1) is 25.9. The van der Waals surface area contributed by atoms with Gasteiger partial charge in [-0.3, -0.25) is 14.5 Å². The summed E-state index contributed by atoms with van der Waals surface area (Å²) in [5.41, 5.74) is -1.30. The molecule has 37 heavy (non-hydrogen) atoms. The molecular weight excluding hydrogens is 495 g/mol. The van der Waals surface area contributed by atoms with Crippen LogP contribution in [0.2, 0.25) is 0 Å². The molecule has 0 radical (unpaired) electrons. The number of carbonyl (C=O) groups is 2. The number of hydrogen-bond acceptors (Lipinski definition) is 6. The summed E-state index contributed by atoms with van der Waals surface area (Å²) in [7, 11) is 0. The minimum atomic E-state index is -3.09. The fraction of sp³-hybridized carbons (Fsp3) is 0.375. The first-order chi connectivity index (χ1) is 17.5. The molecule has 3 heterocycles. The van der Waals surface area contributed by atoms with Gasteiger partial charge in [-0.25, -0.2) is 27.9 Å². The first-order valence-electron chi connectivity index (χ1n) is 11.4. The average molecular weight is 519 g/mol. The molecule has 1 fully saturated rings. The summed E-state index contributed by atoms with van der Waals surface area (Å²) in [6.07, 6.45) is -4.49. The van der Waals surface area contributed by atoms with Gasteiger partial charge in [0.25, 0.3) is 12.0 Å². The molecule has 1 aliphatic heterocycles. The zero-order chi connectivity index (χ0) is 27.0. The summed E-state index contributed by atoms with van der Waals surface area (Å²) in [6.45, 7) is 5.14. The molecule has 13 heteroatoms. The van der Waals surface area contributed by atoms with Gasteiger partial charge in [0.15, 0.2) is 11.6 Å². The Hall–Kier alpha value is -4.16. The average Bonchev–Trinajstić information content (AvgIpc) is 3.28. The summed E-state index contributed by atoms with van der Waals surface area (Å²) in [5, 5.41) is 10.2. The maximum atomic E-state index is 13.8. The molecule has 2 amide bonds. The Kier molecular flexibility index (Phi) is 7.05. The number of amides is 2. The van der Waals surface area contributed by atoms with Crippen molar-refractivity contribution in [2.45, 2.75) is 45.8 Å². The van der Waals surface area contributed by atoms with Crippen molar-refractivity contribution in [1.29, 1.82) is 0 Å². The number of benzene rings is 1. The van der Waals surface area contributed by atoms with E-state index >= 15 is 0 Å². The number of aromatic nitrogens is 3. The lowest BCUT2D eigenvalue weighted by Crippen LogP contribution is -2.34. The van der Waals surface area contributed by atoms with Crippen LogP contribution in [-0.4, -0.2) is 56.2 Å². The van der Waals surface area contributed by atoms with Gasteiger partial charge in [-0.15, -0.1) is 0 Å². The van der Waals surface area contributed by atoms with Crippen molar-refractivity contribution in [3.63, 3.8) is 0 Å². The molecule has 0 bridgehead atoms. The Morgan fingerprint density at radius 2 is 2.00 bits per heavy atom. The van der Waals surface area contributed by atoms with E-state index in [1.807, 2.05) is 0 Å². The maximum absolute atomic E-state index is 13.8. The molecule has 3 aromatic rings. The number of pyridine rings is 1. The molecule has 1 aliphatic rings. The highest BCUT2D eigenvalue weighted by atomic mass is 19.3. The fourth-order valence-corrected chi connectivity index (χ4v) is 4.30. The number of carbonyl (C=O) groups excluding carboxylic acids is 1. The topological polar surface area (TPSA) is 129 Å². The van der Waals surface area contributed by atoms with Crippen molar-refractivity contribution in [3.8, 4) is 5.75 Å². The zero-order valence-electron chi connectivity index (χ0n) is 20.2. The van der Waals surface area contributed by atoms with E-state index in [0.717, 1.165) is 17.0 Å². The number of aromatic amines is 1. The van der Waals surface area contributed by atoms with Crippen LogP contribution in [0.5, 0.6) is 5.75 Å². The molecule has 2 aromatic heterocycles. The van der Waals surface area contributed by atoms with Crippen LogP contribution < -0.4 is 15.2 Å². The van der Waals surface area contributed by atoms with Gasteiger partial charge < -0.3 is 19.7 Å². The third kappa shape index (κ3) is 5.20. The van der Waals surface area contributed by atoms with Crippen LogP contribution >= 0.6 is 0 Å². The number of anilines is 1. The molecule has 1 saturated heterocycles. The van der Waals surface area contributed by atoms with Crippen LogP contribution in [0.25, 0.3) is 11.0 Å². The molecular formula is C24H24F3N5O5. The zero-order valence-corrected chi connectivity index (χ0v) is 20.2. The summed E-state index contributed by atoms with van der Waals surface area (Å²) >= 11 is 0. The Morgan fingerprint density at radius 1 is 1.27 bits per heavy atom. The predicted molar refractivity (Wildman–Crippen MR) is 126 cm³/mol. The number of aryl methyl sites for hydroxylation is 1. The van der Waals surface area contributed by atoms with E-state index in [1.54, 1.807) is 4.90 Å². The van der Waals surface area contributed by atoms with Crippen LogP contribution in [0.15, 0.2) is 29.1 Å². The number of hydrogen-bond donors (Lipinski definition) is 2. The van der Waals surface area contributed by atoms with E-state index in [9.17, 15) is 32.7 Å². The van der Waals surface area contributed by atoms with Crippen LogP contribution in [-0.2, 0) is 4.79 Å². The summed E-state index contributed by atoms with van der Waals surface area (Å²) in [5.74, 6) is -1.32. The molecule has 10 nitrogen and oxygen atoms in total. The third-order valence-corrected chi connectivity index (χ3v) is 6.21. The minimum absolute atomic E-state index is 0.0439. The molecule has 0 unspecified atom stereocenters. The standard InChI is InChI=1S/C24H24F3N5O5/c1-11(14-4-5-18(25)16(8-14)20(26)27)32(24(35)36)22-17-9-19(23(34)30-21(17)28-12(2)29-22)37-15-6-7-31(10-15)13(3)33/h4-5,8-9,11,15,20H,6-7,10H2,1-3H3,(H,35,36)(H,28,29,30,34)/t11-,15+/m1/s1. The van der Waals surface area contributed by atoms with Crippen LogP contribution in [0, 0.1) is 12.7 Å². The van der Waals surface area contributed by atoms with Gasteiger partial charge in [0, 0.05) is 26.0 Å². The fourth-order valence-electron chi connectivity index (χ4n) is 4.30. The monoisotopic (exact) mass is 519 g/mol. The van der Waals surface area contributed by atoms with Crippen molar-refractivity contribution < 1.29 is 32.6 Å². The molecule has 0 spiro atoms. The number of ether oxygens (including phenoxy) is 1. The van der Waals surface area contributed by atoms with Gasteiger partial charge in [0.2, 0.25) is 5.91 Å². The maximum Gasteiger partial charge on any atom is 0.413 e. The first-order valence-corrected chi connectivity index (χ1v) is 11.4. The van der Waals surface area contributed by atoms with E-state index in [2.05, 4.69) is 15.0 Å². The van der Waals surface area contributed by atoms with E-state index < -0.39 is 41.6 Å². The van der Waals surface area contributed by atoms with Gasteiger partial charge in [-0.05, 0) is 31.5 Å². The molecule has 2 N–H and O–H groups in total. The Morgan fingerprint density at radius 3 is 2.62 bits per heavy atom. The van der Waals surface area contributed by atoms with Gasteiger partial charge in [-0.1, -0.05) is 6.07 Å². The Bertz CT molecular complexity index is 1430. The largest absolute Gasteiger partial charge is 0.483 e. The third-order valence-electron chi connectivity index (χ3n) is 6.21. The summed E-state index contributed by atoms with van der Waals surface area (Å²) in [6, 6.07) is 3.23. The van der Waals surface area contributed by atoms with Crippen molar-refractivity contribution in [2.75, 3.05) is 18.0 Å². The number of halogens is 3. The number of likely N-dealkylation sites (tertiary alicyclic amines) is 1. The molecule has 0 aliphatic carbocycles. The Labute approximate surface area is 208 Å². The molecule has 196 valence electrons. The van der Waals surface area contributed by atoms with E-state index in [-0.39, 0.29) is 39.9 Å². The second-order valence-electron chi connectivity index (χ2n) is 8.72. The molecule has 2 atom stereocenters. The highest BCUT2D eigenvalue weighted by Crippen LogP contribution is 2.34. The van der Waals surface area contributed by atoms with Crippen molar-refractivity contribution in [2.24, 2.45) is 0 Å². The lowest BCUT2D eigenvalue weighted by atomic mass is 10.0. The number of H-pyrrole nitrogens is 1. The lowest BCUT2D eigenvalue weighted by molar-refractivity contribution is -0.128. The Balaban J connectivity index is 1.78. The number of rotatable bonds is 6. The number of alkyl halides is 2. The SMILES string of the molecule is CC(=O)N1CC[C@H](Oc2cc3c(N(C(=O)O)[C@H](C)c4ccc(F)c(C(F)F)c4)nc(C)nc3[nH]c2=O)C1. The number of nitrogens with zero attached hydrogens (tertiary/aromatic N) is 4. The van der Waals surface area contributed by atoms with E-state index in [1.165, 1.54) is 32.9 Å². The predicted octanol–water partition coefficient (Wildman–Crippen LogP) is 3.95. The number of nitrogens with one attached hydrogen (secondary N) is 1. The summed E-state index contributed by atoms with van der Waals surface area (Å²) < 4.78 is 46.2. The highest BCUT2D eigenvalue weighted by molar-refractivity contribution is 5.97. The smallest absolute Gasteiger partial charge is 0.413 e. The summed E-state index contributed by atoms with van der Waals surface area (Å²) in [4.78, 5) is 50.1. The number of fused-ring (bicyclic) bond motifs is 1. The second-order valence-corrected chi connectivity index (χ2v) is 8.72. The van der Waals surface area contributed by atoms with Gasteiger partial charge in [0.1, 0.15) is 23.4 Å². The van der Waals surface area contributed by atoms with Gasteiger partial charge >= 0.3 is 6.09 Å². The second kappa shape index (κ2) is 10.1. The van der Waals surface area contributed by atoms with Gasteiger partial charge in [0.05, 0.1) is 23.5 Å². The normalized spacial score (nSPS) is 16.3. The lowest BCUT2D eigenvalue weighted by Gasteiger charge is -2.27. The minimum Gasteiger partial charge on any atom is -0.483 e. The van der Waals surface area contributed by atoms with Gasteiger partial charge in [-0.2, -0.15) is 0 Å². The van der Waals surface area contributed by atoms with Crippen molar-refractivity contribution in [1.82, 2.24) is 19.9 Å². The molecule has 1 aromatic carbocycles. The molecule has 4 rings (SSSR count).